The van der Waals surface area contributed by atoms with Gasteiger partial charge in [-0.15, -0.1) is 0 Å². The molecule has 13 heteroatoms. The first kappa shape index (κ1) is 26.8. The van der Waals surface area contributed by atoms with E-state index in [4.69, 9.17) is 30.5 Å². The van der Waals surface area contributed by atoms with Gasteiger partial charge in [0.25, 0.3) is 12.4 Å². The molecule has 42 heavy (non-hydrogen) atoms. The number of hydrogen-bond acceptors (Lipinski definition) is 8. The fourth-order valence-electron chi connectivity index (χ4n) is 6.10. The van der Waals surface area contributed by atoms with Crippen LogP contribution in [0, 0.1) is 5.92 Å². The minimum Gasteiger partial charge on any atom is -0.480 e. The third kappa shape index (κ3) is 4.40. The van der Waals surface area contributed by atoms with Crippen LogP contribution in [0.5, 0.6) is 6.01 Å². The predicted molar refractivity (Wildman–Crippen MR) is 150 cm³/mol. The van der Waals surface area contributed by atoms with Crippen LogP contribution in [0.2, 0.25) is 5.02 Å². The zero-order chi connectivity index (χ0) is 29.1. The Morgan fingerprint density at radius 3 is 2.76 bits per heavy atom. The largest absolute Gasteiger partial charge is 0.480 e. The Morgan fingerprint density at radius 1 is 1.14 bits per heavy atom. The number of furan rings is 1. The Kier molecular flexibility index (Phi) is 6.62. The molecule has 2 aromatic carbocycles. The molecule has 7 rings (SSSR count). The van der Waals surface area contributed by atoms with Crippen molar-refractivity contribution in [2.75, 3.05) is 24.7 Å². The second kappa shape index (κ2) is 10.4. The normalized spacial score (nSPS) is 23.0. The van der Waals surface area contributed by atoms with Gasteiger partial charge >= 0.3 is 5.97 Å². The molecule has 0 unspecified atom stereocenters. The Bertz CT molecular complexity index is 1830. The van der Waals surface area contributed by atoms with Crippen molar-refractivity contribution in [2.45, 2.75) is 44.4 Å². The summed E-state index contributed by atoms with van der Waals surface area (Å²) in [7, 11) is 0. The van der Waals surface area contributed by atoms with E-state index in [2.05, 4.69) is 16.9 Å². The summed E-state index contributed by atoms with van der Waals surface area (Å²) in [5.41, 5.74) is 2.16. The number of hydrogen-bond donors (Lipinski definition) is 1. The van der Waals surface area contributed by atoms with Gasteiger partial charge in [0.1, 0.15) is 28.8 Å². The minimum atomic E-state index is -2.97. The number of aromatic nitrogens is 4. The lowest BCUT2D eigenvalue weighted by Crippen LogP contribution is -2.37. The summed E-state index contributed by atoms with van der Waals surface area (Å²) in [6.45, 7) is 3.30. The van der Waals surface area contributed by atoms with Crippen molar-refractivity contribution in [1.82, 2.24) is 19.5 Å². The van der Waals surface area contributed by atoms with Crippen LogP contribution in [0.3, 0.4) is 0 Å². The lowest BCUT2D eigenvalue weighted by Gasteiger charge is -2.31. The first-order valence-electron chi connectivity index (χ1n) is 13.7. The molecule has 0 saturated carbocycles. The average molecular weight is 598 g/mol. The van der Waals surface area contributed by atoms with Crippen LogP contribution in [0.15, 0.2) is 46.9 Å². The number of aliphatic carboxylic acids is 1. The highest BCUT2D eigenvalue weighted by Crippen LogP contribution is 2.40. The number of carboxylic acids is 1. The first-order chi connectivity index (χ1) is 20.3. The molecule has 4 atom stereocenters. The molecule has 218 valence electrons. The molecule has 0 radical (unpaired) electrons. The maximum Gasteiger partial charge on any atom is 0.326 e. The van der Waals surface area contributed by atoms with E-state index in [-0.39, 0.29) is 41.8 Å². The number of ether oxygens (including phenoxy) is 2. The second-order valence-corrected chi connectivity index (χ2v) is 11.2. The average Bonchev–Trinajstić information content (AvgIpc) is 3.67. The number of para-hydroxylation sites is 2. The number of halogens is 3. The van der Waals surface area contributed by atoms with Crippen molar-refractivity contribution in [3.05, 3.63) is 53.3 Å². The van der Waals surface area contributed by atoms with Crippen molar-refractivity contribution >= 4 is 56.5 Å². The number of rotatable bonds is 6. The minimum absolute atomic E-state index is 0.0143. The fourth-order valence-corrected chi connectivity index (χ4v) is 6.32. The monoisotopic (exact) mass is 597 g/mol. The van der Waals surface area contributed by atoms with E-state index in [1.807, 2.05) is 16.7 Å². The van der Waals surface area contributed by atoms with E-state index in [0.29, 0.717) is 40.7 Å². The number of benzene rings is 2. The number of anilines is 1. The van der Waals surface area contributed by atoms with E-state index in [0.717, 1.165) is 11.9 Å². The number of carboxylic acid groups (broad SMARTS) is 1. The van der Waals surface area contributed by atoms with Crippen LogP contribution in [0.4, 0.5) is 14.6 Å². The van der Waals surface area contributed by atoms with E-state index in [1.165, 1.54) is 4.90 Å². The molecular formula is C29H26ClF2N5O5. The summed E-state index contributed by atoms with van der Waals surface area (Å²) >= 11 is 6.50. The van der Waals surface area contributed by atoms with Crippen molar-refractivity contribution in [2.24, 2.45) is 5.92 Å². The summed E-state index contributed by atoms with van der Waals surface area (Å²) in [5.74, 6) is -1.70. The van der Waals surface area contributed by atoms with Gasteiger partial charge in [-0.3, -0.25) is 4.57 Å². The lowest BCUT2D eigenvalue weighted by molar-refractivity contribution is -0.138. The van der Waals surface area contributed by atoms with E-state index in [9.17, 15) is 18.7 Å². The van der Waals surface area contributed by atoms with Gasteiger partial charge in [-0.2, -0.15) is 4.98 Å². The van der Waals surface area contributed by atoms with Gasteiger partial charge in [0.15, 0.2) is 17.2 Å². The maximum atomic E-state index is 13.9. The molecule has 0 bridgehead atoms. The highest BCUT2D eigenvalue weighted by Gasteiger charge is 2.42. The summed E-state index contributed by atoms with van der Waals surface area (Å²) in [4.78, 5) is 26.8. The molecule has 3 aromatic heterocycles. The van der Waals surface area contributed by atoms with E-state index < -0.39 is 30.4 Å². The number of imidazole rings is 1. The third-order valence-corrected chi connectivity index (χ3v) is 8.38. The van der Waals surface area contributed by atoms with Crippen LogP contribution < -0.4 is 9.64 Å². The first-order valence-corrected chi connectivity index (χ1v) is 14.1. The van der Waals surface area contributed by atoms with Crippen LogP contribution in [0.1, 0.15) is 38.1 Å². The Balaban J connectivity index is 1.30. The highest BCUT2D eigenvalue weighted by atomic mass is 35.5. The highest BCUT2D eigenvalue weighted by molar-refractivity contribution is 6.35. The van der Waals surface area contributed by atoms with E-state index in [1.54, 1.807) is 30.3 Å². The zero-order valence-corrected chi connectivity index (χ0v) is 23.2. The zero-order valence-electron chi connectivity index (χ0n) is 22.4. The van der Waals surface area contributed by atoms with Crippen molar-refractivity contribution in [3.63, 3.8) is 0 Å². The molecule has 1 N–H and O–H groups in total. The molecule has 2 fully saturated rings. The molecule has 0 amide bonds. The second-order valence-electron chi connectivity index (χ2n) is 10.7. The van der Waals surface area contributed by atoms with Gasteiger partial charge in [0.05, 0.1) is 23.7 Å². The topological polar surface area (TPSA) is 116 Å². The Morgan fingerprint density at radius 2 is 1.98 bits per heavy atom. The Hall–Kier alpha value is -4.03. The van der Waals surface area contributed by atoms with Crippen LogP contribution >= 0.6 is 11.6 Å². The smallest absolute Gasteiger partial charge is 0.326 e. The molecular weight excluding hydrogens is 572 g/mol. The van der Waals surface area contributed by atoms with Gasteiger partial charge < -0.3 is 23.9 Å². The summed E-state index contributed by atoms with van der Waals surface area (Å²) in [6, 6.07) is 11.7. The van der Waals surface area contributed by atoms with Crippen LogP contribution in [-0.2, 0) is 9.53 Å². The van der Waals surface area contributed by atoms with Crippen LogP contribution in [-0.4, -0.2) is 62.5 Å². The molecule has 5 heterocycles. The van der Waals surface area contributed by atoms with Crippen molar-refractivity contribution < 1.29 is 32.6 Å². The van der Waals surface area contributed by atoms with Gasteiger partial charge in [-0.1, -0.05) is 36.7 Å². The number of fused-ring (bicyclic) bond motifs is 4. The summed E-state index contributed by atoms with van der Waals surface area (Å²) in [5, 5.41) is 11.2. The molecule has 5 aromatic rings. The number of nitrogens with zero attached hydrogens (tertiary/aromatic N) is 5. The SMILES string of the molecule is C[C@H]1COCC[C@@H]1n1c(O[C@H]2C[C@@H](C(=O)O)N(c3nc(C(F)F)nc4c3oc3ccccc34)C2)nc2c(Cl)cccc21. The maximum absolute atomic E-state index is 13.9. The van der Waals surface area contributed by atoms with Gasteiger partial charge in [0, 0.05) is 30.4 Å². The van der Waals surface area contributed by atoms with Crippen LogP contribution in [0.25, 0.3) is 33.1 Å². The lowest BCUT2D eigenvalue weighted by atomic mass is 9.97. The van der Waals surface area contributed by atoms with Gasteiger partial charge in [0.2, 0.25) is 0 Å². The summed E-state index contributed by atoms with van der Waals surface area (Å²) in [6.07, 6.45) is -2.82. The molecule has 0 aliphatic carbocycles. The molecule has 2 aliphatic rings. The molecule has 2 aliphatic heterocycles. The fraction of sp³-hybridized carbons (Fsp3) is 0.379. The quantitative estimate of drug-likeness (QED) is 0.251. The summed E-state index contributed by atoms with van der Waals surface area (Å²) < 4.78 is 48.0. The van der Waals surface area contributed by atoms with E-state index >= 15 is 0 Å². The van der Waals surface area contributed by atoms with Gasteiger partial charge in [-0.25, -0.2) is 23.5 Å². The third-order valence-electron chi connectivity index (χ3n) is 8.07. The Labute approximate surface area is 242 Å². The molecule has 10 nitrogen and oxygen atoms in total. The molecule has 0 spiro atoms. The standard InChI is InChI=1S/C29H26ClF2N5O5/c1-14-13-40-10-9-18(14)37-19-7-4-6-17(30)23(19)34-29(37)41-15-11-20(28(38)39)36(12-15)27-24-22(33-26(35-27)25(31)32)16-5-2-3-8-21(16)42-24/h2-8,14-15,18,20,25H,9-13H2,1H3,(H,38,39)/t14-,15-,18-,20-/m0/s1. The predicted octanol–water partition coefficient (Wildman–Crippen LogP) is 6.03. The van der Waals surface area contributed by atoms with Crippen molar-refractivity contribution in [3.8, 4) is 6.01 Å². The van der Waals surface area contributed by atoms with Gasteiger partial charge in [-0.05, 0) is 30.7 Å². The van der Waals surface area contributed by atoms with Crippen molar-refractivity contribution in [1.29, 1.82) is 0 Å². The number of carbonyl (C=O) groups is 1. The number of alkyl halides is 2. The molecule has 2 saturated heterocycles.